The molecule has 1 aromatic heterocycles. The van der Waals surface area contributed by atoms with Crippen LogP contribution < -0.4 is 5.32 Å². The average Bonchev–Trinajstić information content (AvgIpc) is 2.83. The lowest BCUT2D eigenvalue weighted by Gasteiger charge is -2.32. The largest absolute Gasteiger partial charge is 0.308 e. The summed E-state index contributed by atoms with van der Waals surface area (Å²) in [7, 11) is 0. The molecule has 4 heteroatoms. The van der Waals surface area contributed by atoms with Gasteiger partial charge in [-0.3, -0.25) is 4.68 Å². The van der Waals surface area contributed by atoms with E-state index in [0.29, 0.717) is 6.04 Å². The van der Waals surface area contributed by atoms with E-state index in [9.17, 15) is 0 Å². The van der Waals surface area contributed by atoms with Gasteiger partial charge in [0.25, 0.3) is 0 Å². The standard InChI is InChI=1S/C16H28BrN3/c1-3-10-18-15(13-8-6-5-7-9-13)16-14(17)12-19-20(16)11-4-2/h12-13,15,18H,3-11H2,1-2H3. The third kappa shape index (κ3) is 3.85. The lowest BCUT2D eigenvalue weighted by atomic mass is 9.82. The highest BCUT2D eigenvalue weighted by Crippen LogP contribution is 2.37. The number of hydrogen-bond acceptors (Lipinski definition) is 2. The third-order valence-corrected chi connectivity index (χ3v) is 4.91. The Bertz CT molecular complexity index is 396. The topological polar surface area (TPSA) is 29.9 Å². The van der Waals surface area contributed by atoms with Crippen molar-refractivity contribution in [3.05, 3.63) is 16.4 Å². The summed E-state index contributed by atoms with van der Waals surface area (Å²) < 4.78 is 3.37. The van der Waals surface area contributed by atoms with Crippen molar-refractivity contribution in [2.75, 3.05) is 6.54 Å². The minimum absolute atomic E-state index is 0.457. The summed E-state index contributed by atoms with van der Waals surface area (Å²) in [6.45, 7) is 6.56. The van der Waals surface area contributed by atoms with Crippen molar-refractivity contribution in [3.8, 4) is 0 Å². The monoisotopic (exact) mass is 341 g/mol. The predicted octanol–water partition coefficient (Wildman–Crippen LogP) is 4.68. The van der Waals surface area contributed by atoms with Crippen molar-refractivity contribution in [3.63, 3.8) is 0 Å². The van der Waals surface area contributed by atoms with Gasteiger partial charge in [-0.15, -0.1) is 0 Å². The van der Waals surface area contributed by atoms with Gasteiger partial charge in [-0.1, -0.05) is 33.1 Å². The van der Waals surface area contributed by atoms with Crippen LogP contribution in [0.4, 0.5) is 0 Å². The second-order valence-corrected chi connectivity index (χ2v) is 6.79. The van der Waals surface area contributed by atoms with Gasteiger partial charge in [-0.2, -0.15) is 5.10 Å². The summed E-state index contributed by atoms with van der Waals surface area (Å²) in [6, 6.07) is 0.457. The lowest BCUT2D eigenvalue weighted by molar-refractivity contribution is 0.260. The number of aryl methyl sites for hydroxylation is 1. The number of aromatic nitrogens is 2. The van der Waals surface area contributed by atoms with Crippen molar-refractivity contribution >= 4 is 15.9 Å². The maximum Gasteiger partial charge on any atom is 0.0698 e. The van der Waals surface area contributed by atoms with Gasteiger partial charge in [0.15, 0.2) is 0 Å². The molecule has 1 aromatic rings. The second kappa shape index (κ2) is 8.18. The minimum Gasteiger partial charge on any atom is -0.308 e. The fourth-order valence-electron chi connectivity index (χ4n) is 3.33. The van der Waals surface area contributed by atoms with Gasteiger partial charge in [-0.25, -0.2) is 0 Å². The fraction of sp³-hybridized carbons (Fsp3) is 0.812. The van der Waals surface area contributed by atoms with E-state index in [1.165, 1.54) is 48.7 Å². The first kappa shape index (κ1) is 16.0. The van der Waals surface area contributed by atoms with E-state index in [-0.39, 0.29) is 0 Å². The number of halogens is 1. The molecule has 1 fully saturated rings. The molecule has 1 aliphatic carbocycles. The highest BCUT2D eigenvalue weighted by atomic mass is 79.9. The predicted molar refractivity (Wildman–Crippen MR) is 87.8 cm³/mol. The maximum absolute atomic E-state index is 4.56. The molecule has 1 N–H and O–H groups in total. The molecular formula is C16H28BrN3. The van der Waals surface area contributed by atoms with Crippen molar-refractivity contribution in [2.45, 2.75) is 71.4 Å². The smallest absolute Gasteiger partial charge is 0.0698 e. The van der Waals surface area contributed by atoms with Gasteiger partial charge >= 0.3 is 0 Å². The molecule has 0 spiro atoms. The lowest BCUT2D eigenvalue weighted by Crippen LogP contribution is -2.32. The van der Waals surface area contributed by atoms with Gasteiger partial charge in [0.05, 0.1) is 22.4 Å². The highest BCUT2D eigenvalue weighted by molar-refractivity contribution is 9.10. The first-order chi connectivity index (χ1) is 9.77. The van der Waals surface area contributed by atoms with Crippen LogP contribution in [0.25, 0.3) is 0 Å². The van der Waals surface area contributed by atoms with Crippen LogP contribution in [0.3, 0.4) is 0 Å². The minimum atomic E-state index is 0.457. The van der Waals surface area contributed by atoms with Crippen molar-refractivity contribution in [1.82, 2.24) is 15.1 Å². The molecule has 0 radical (unpaired) electrons. The van der Waals surface area contributed by atoms with Crippen molar-refractivity contribution < 1.29 is 0 Å². The molecule has 1 aliphatic rings. The SMILES string of the molecule is CCCNC(c1c(Br)cnn1CCC)C1CCCCC1. The van der Waals surface area contributed by atoms with E-state index in [1.54, 1.807) is 0 Å². The number of nitrogens with zero attached hydrogens (tertiary/aromatic N) is 2. The summed E-state index contributed by atoms with van der Waals surface area (Å²) in [5, 5.41) is 8.35. The van der Waals surface area contributed by atoms with Gasteiger partial charge in [0, 0.05) is 6.54 Å². The van der Waals surface area contributed by atoms with Crippen molar-refractivity contribution in [1.29, 1.82) is 0 Å². The molecule has 20 heavy (non-hydrogen) atoms. The molecule has 1 atom stereocenters. The Labute approximate surface area is 131 Å². The Morgan fingerprint density at radius 3 is 2.70 bits per heavy atom. The molecule has 0 bridgehead atoms. The molecule has 0 aliphatic heterocycles. The van der Waals surface area contributed by atoms with Crippen LogP contribution in [-0.4, -0.2) is 16.3 Å². The molecule has 3 nitrogen and oxygen atoms in total. The van der Waals surface area contributed by atoms with Crippen LogP contribution in [0.5, 0.6) is 0 Å². The normalized spacial score (nSPS) is 18.4. The second-order valence-electron chi connectivity index (χ2n) is 5.93. The van der Waals surface area contributed by atoms with Crippen molar-refractivity contribution in [2.24, 2.45) is 5.92 Å². The highest BCUT2D eigenvalue weighted by Gasteiger charge is 2.28. The summed E-state index contributed by atoms with van der Waals surface area (Å²) in [6.07, 6.45) is 11.2. The van der Waals surface area contributed by atoms with Crippen LogP contribution >= 0.6 is 15.9 Å². The Morgan fingerprint density at radius 1 is 1.30 bits per heavy atom. The quantitative estimate of drug-likeness (QED) is 0.780. The molecule has 114 valence electrons. The number of nitrogens with one attached hydrogen (secondary N) is 1. The molecule has 1 heterocycles. The molecular weight excluding hydrogens is 314 g/mol. The molecule has 0 aromatic carbocycles. The number of hydrogen-bond donors (Lipinski definition) is 1. The van der Waals surface area contributed by atoms with E-state index >= 15 is 0 Å². The zero-order valence-electron chi connectivity index (χ0n) is 12.9. The molecule has 1 saturated carbocycles. The average molecular weight is 342 g/mol. The van der Waals surface area contributed by atoms with Crippen LogP contribution in [0.2, 0.25) is 0 Å². The Morgan fingerprint density at radius 2 is 2.05 bits per heavy atom. The molecule has 2 rings (SSSR count). The Balaban J connectivity index is 2.22. The van der Waals surface area contributed by atoms with E-state index in [2.05, 4.69) is 44.9 Å². The van der Waals surface area contributed by atoms with E-state index < -0.39 is 0 Å². The van der Waals surface area contributed by atoms with Crippen LogP contribution in [0.1, 0.15) is 70.5 Å². The molecule has 0 amide bonds. The fourth-order valence-corrected chi connectivity index (χ4v) is 3.87. The van der Waals surface area contributed by atoms with Crippen LogP contribution in [0, 0.1) is 5.92 Å². The molecule has 1 unspecified atom stereocenters. The first-order valence-electron chi connectivity index (χ1n) is 8.22. The number of rotatable bonds is 7. The first-order valence-corrected chi connectivity index (χ1v) is 9.01. The summed E-state index contributed by atoms with van der Waals surface area (Å²) in [5.74, 6) is 0.763. The maximum atomic E-state index is 4.56. The van der Waals surface area contributed by atoms with E-state index in [0.717, 1.165) is 25.4 Å². The summed E-state index contributed by atoms with van der Waals surface area (Å²) in [5.41, 5.74) is 1.37. The zero-order chi connectivity index (χ0) is 14.4. The summed E-state index contributed by atoms with van der Waals surface area (Å²) >= 11 is 3.72. The summed E-state index contributed by atoms with van der Waals surface area (Å²) in [4.78, 5) is 0. The Hall–Kier alpha value is -0.350. The zero-order valence-corrected chi connectivity index (χ0v) is 14.5. The van der Waals surface area contributed by atoms with Gasteiger partial charge in [0.2, 0.25) is 0 Å². The van der Waals surface area contributed by atoms with E-state index in [1.807, 2.05) is 6.20 Å². The van der Waals surface area contributed by atoms with Gasteiger partial charge in [0.1, 0.15) is 0 Å². The van der Waals surface area contributed by atoms with Crippen LogP contribution in [-0.2, 0) is 6.54 Å². The third-order valence-electron chi connectivity index (χ3n) is 4.30. The van der Waals surface area contributed by atoms with Gasteiger partial charge < -0.3 is 5.32 Å². The van der Waals surface area contributed by atoms with Crippen LogP contribution in [0.15, 0.2) is 10.7 Å². The van der Waals surface area contributed by atoms with E-state index in [4.69, 9.17) is 0 Å². The Kier molecular flexibility index (Phi) is 6.56. The van der Waals surface area contributed by atoms with Gasteiger partial charge in [-0.05, 0) is 54.1 Å². The molecule has 0 saturated heterocycles.